The Balaban J connectivity index is 0.924. The molecule has 1 aliphatic heterocycles. The van der Waals surface area contributed by atoms with Crippen molar-refractivity contribution in [2.45, 2.75) is 10.3 Å². The van der Waals surface area contributed by atoms with E-state index in [2.05, 4.69) is 63.6 Å². The number of benzene rings is 4. The van der Waals surface area contributed by atoms with Crippen molar-refractivity contribution in [2.24, 2.45) is 0 Å². The van der Waals surface area contributed by atoms with Gasteiger partial charge >= 0.3 is 0 Å². The van der Waals surface area contributed by atoms with Gasteiger partial charge in [0, 0.05) is 73.3 Å². The predicted octanol–water partition coefficient (Wildman–Crippen LogP) is 6.70. The molecule has 0 saturated carbocycles. The summed E-state index contributed by atoms with van der Waals surface area (Å²) < 4.78 is 15.0. The Morgan fingerprint density at radius 2 is 0.880 bits per heavy atom. The Morgan fingerprint density at radius 1 is 0.500 bits per heavy atom. The first-order valence-electron chi connectivity index (χ1n) is 16.7. The van der Waals surface area contributed by atoms with Crippen molar-refractivity contribution in [3.8, 4) is 45.6 Å². The van der Waals surface area contributed by atoms with Gasteiger partial charge < -0.3 is 9.47 Å². The third-order valence-electron chi connectivity index (χ3n) is 8.73. The smallest absolute Gasteiger partial charge is 0.196 e. The minimum atomic E-state index is 0.819. The summed E-state index contributed by atoms with van der Waals surface area (Å²) in [6, 6.07) is 36.6. The van der Waals surface area contributed by atoms with Crippen LogP contribution in [0, 0.1) is 0 Å². The molecule has 3 heterocycles. The summed E-state index contributed by atoms with van der Waals surface area (Å²) in [5, 5.41) is 20.2. The number of ether oxygens (including phenoxy) is 2. The SMILES string of the molecule is COc1ccc(-c2nnc(SCCN3CCN(CCSc4nnc(-c5ccc(OC)cc5)n4-c4ccccc4)CC3)n2-c2ccccc2)cc1. The fourth-order valence-electron chi connectivity index (χ4n) is 5.97. The van der Waals surface area contributed by atoms with E-state index in [1.807, 2.05) is 84.9 Å². The maximum Gasteiger partial charge on any atom is 0.196 e. The van der Waals surface area contributed by atoms with Crippen molar-refractivity contribution in [2.75, 3.05) is 65.0 Å². The van der Waals surface area contributed by atoms with Crippen LogP contribution >= 0.6 is 23.5 Å². The van der Waals surface area contributed by atoms with Crippen LogP contribution in [0.1, 0.15) is 0 Å². The van der Waals surface area contributed by atoms with E-state index in [4.69, 9.17) is 9.47 Å². The van der Waals surface area contributed by atoms with E-state index in [-0.39, 0.29) is 0 Å². The standard InChI is InChI=1S/C38H40N8O2S2/c1-47-33-17-13-29(14-18-33)35-39-41-37(45(35)31-9-5-3-6-10-31)49-27-25-43-21-23-44(24-22-43)26-28-50-38-42-40-36(30-15-19-34(48-2)20-16-30)46(38)32-11-7-4-8-12-32/h3-20H,21-28H2,1-2H3. The van der Waals surface area contributed by atoms with Crippen LogP contribution in [0.5, 0.6) is 11.5 Å². The maximum atomic E-state index is 5.36. The van der Waals surface area contributed by atoms with Crippen LogP contribution in [0.2, 0.25) is 0 Å². The van der Waals surface area contributed by atoms with E-state index < -0.39 is 0 Å². The van der Waals surface area contributed by atoms with Gasteiger partial charge in [-0.2, -0.15) is 0 Å². The normalized spacial score (nSPS) is 13.8. The number of rotatable bonds is 14. The summed E-state index contributed by atoms with van der Waals surface area (Å²) >= 11 is 3.51. The molecule has 10 nitrogen and oxygen atoms in total. The molecular weight excluding hydrogens is 665 g/mol. The number of thioether (sulfide) groups is 2. The second-order valence-corrected chi connectivity index (χ2v) is 13.9. The molecule has 0 aliphatic carbocycles. The highest BCUT2D eigenvalue weighted by atomic mass is 32.2. The third-order valence-corrected chi connectivity index (χ3v) is 10.6. The lowest BCUT2D eigenvalue weighted by molar-refractivity contribution is 0.144. The second kappa shape index (κ2) is 16.4. The largest absolute Gasteiger partial charge is 0.497 e. The molecular formula is C38H40N8O2S2. The Labute approximate surface area is 301 Å². The predicted molar refractivity (Wildman–Crippen MR) is 201 cm³/mol. The van der Waals surface area contributed by atoms with Crippen LogP contribution < -0.4 is 9.47 Å². The molecule has 1 saturated heterocycles. The Bertz CT molecular complexity index is 1800. The molecule has 0 amide bonds. The Kier molecular flexibility index (Phi) is 11.1. The number of piperazine rings is 1. The van der Waals surface area contributed by atoms with E-state index in [0.29, 0.717) is 0 Å². The summed E-state index contributed by atoms with van der Waals surface area (Å²) in [5.74, 6) is 5.17. The zero-order valence-electron chi connectivity index (χ0n) is 28.3. The molecule has 0 spiro atoms. The van der Waals surface area contributed by atoms with E-state index in [1.54, 1.807) is 37.7 Å². The summed E-state index contributed by atoms with van der Waals surface area (Å²) in [6.45, 7) is 6.21. The fourth-order valence-corrected chi connectivity index (χ4v) is 7.87. The lowest BCUT2D eigenvalue weighted by Gasteiger charge is -2.34. The van der Waals surface area contributed by atoms with Crippen molar-refractivity contribution >= 4 is 23.5 Å². The molecule has 6 aromatic rings. The molecule has 12 heteroatoms. The molecule has 7 rings (SSSR count). The first kappa shape index (κ1) is 33.9. The monoisotopic (exact) mass is 704 g/mol. The van der Waals surface area contributed by atoms with E-state index in [0.717, 1.165) is 107 Å². The minimum Gasteiger partial charge on any atom is -0.497 e. The van der Waals surface area contributed by atoms with Gasteiger partial charge in [0.25, 0.3) is 0 Å². The molecule has 0 atom stereocenters. The van der Waals surface area contributed by atoms with Crippen molar-refractivity contribution in [1.29, 1.82) is 0 Å². The number of para-hydroxylation sites is 2. The van der Waals surface area contributed by atoms with Gasteiger partial charge in [-0.1, -0.05) is 59.9 Å². The van der Waals surface area contributed by atoms with E-state index >= 15 is 0 Å². The minimum absolute atomic E-state index is 0.819. The van der Waals surface area contributed by atoms with Crippen molar-refractivity contribution < 1.29 is 9.47 Å². The first-order valence-corrected chi connectivity index (χ1v) is 18.7. The molecule has 1 fully saturated rings. The van der Waals surface area contributed by atoms with Gasteiger partial charge in [-0.05, 0) is 72.8 Å². The summed E-state index contributed by atoms with van der Waals surface area (Å²) in [7, 11) is 3.36. The van der Waals surface area contributed by atoms with Crippen LogP contribution in [0.4, 0.5) is 0 Å². The number of nitrogens with zero attached hydrogens (tertiary/aromatic N) is 8. The lowest BCUT2D eigenvalue weighted by atomic mass is 10.2. The number of hydrogen-bond acceptors (Lipinski definition) is 10. The van der Waals surface area contributed by atoms with Crippen LogP contribution in [-0.4, -0.2) is 104 Å². The van der Waals surface area contributed by atoms with Gasteiger partial charge in [0.1, 0.15) is 11.5 Å². The van der Waals surface area contributed by atoms with Crippen molar-refractivity contribution in [1.82, 2.24) is 39.3 Å². The van der Waals surface area contributed by atoms with Crippen molar-refractivity contribution in [3.05, 3.63) is 109 Å². The van der Waals surface area contributed by atoms with Gasteiger partial charge in [0.05, 0.1) is 14.2 Å². The highest BCUT2D eigenvalue weighted by molar-refractivity contribution is 7.99. The molecule has 1 aliphatic rings. The van der Waals surface area contributed by atoms with Gasteiger partial charge in [-0.15, -0.1) is 20.4 Å². The molecule has 0 N–H and O–H groups in total. The van der Waals surface area contributed by atoms with Crippen LogP contribution in [0.25, 0.3) is 34.2 Å². The lowest BCUT2D eigenvalue weighted by Crippen LogP contribution is -2.47. The Morgan fingerprint density at radius 3 is 1.24 bits per heavy atom. The number of hydrogen-bond donors (Lipinski definition) is 0. The van der Waals surface area contributed by atoms with Gasteiger partial charge in [0.15, 0.2) is 22.0 Å². The summed E-state index contributed by atoms with van der Waals surface area (Å²) in [4.78, 5) is 5.11. The highest BCUT2D eigenvalue weighted by Crippen LogP contribution is 2.31. The Hall–Kier alpha value is -4.62. The summed E-state index contributed by atoms with van der Waals surface area (Å²) in [6.07, 6.45) is 0. The molecule has 50 heavy (non-hydrogen) atoms. The van der Waals surface area contributed by atoms with Gasteiger partial charge in [0.2, 0.25) is 0 Å². The molecule has 2 aromatic heterocycles. The maximum absolute atomic E-state index is 5.36. The van der Waals surface area contributed by atoms with Crippen LogP contribution in [0.3, 0.4) is 0 Å². The van der Waals surface area contributed by atoms with E-state index in [1.165, 1.54) is 0 Å². The van der Waals surface area contributed by atoms with Gasteiger partial charge in [-0.25, -0.2) is 0 Å². The highest BCUT2D eigenvalue weighted by Gasteiger charge is 2.21. The quantitative estimate of drug-likeness (QED) is 0.114. The first-order chi connectivity index (χ1) is 24.7. The molecule has 4 aromatic carbocycles. The zero-order valence-corrected chi connectivity index (χ0v) is 29.9. The van der Waals surface area contributed by atoms with Gasteiger partial charge in [-0.3, -0.25) is 18.9 Å². The molecule has 256 valence electrons. The summed E-state index contributed by atoms with van der Waals surface area (Å²) in [5.41, 5.74) is 4.11. The second-order valence-electron chi connectivity index (χ2n) is 11.8. The number of aromatic nitrogens is 6. The van der Waals surface area contributed by atoms with E-state index in [9.17, 15) is 0 Å². The van der Waals surface area contributed by atoms with Crippen LogP contribution in [-0.2, 0) is 0 Å². The van der Waals surface area contributed by atoms with Crippen molar-refractivity contribution in [3.63, 3.8) is 0 Å². The average molecular weight is 705 g/mol. The van der Waals surface area contributed by atoms with Crippen LogP contribution in [0.15, 0.2) is 120 Å². The molecule has 0 radical (unpaired) electrons. The molecule has 0 bridgehead atoms. The zero-order chi connectivity index (χ0) is 34.1. The average Bonchev–Trinajstić information content (AvgIpc) is 3.81. The number of methoxy groups -OCH3 is 2. The third kappa shape index (κ3) is 7.89. The molecule has 0 unspecified atom stereocenters. The fraction of sp³-hybridized carbons (Fsp3) is 0.263. The topological polar surface area (TPSA) is 86.4 Å².